The number of hydrogen-bond donors (Lipinski definition) is 1. The van der Waals surface area contributed by atoms with Gasteiger partial charge in [-0.05, 0) is 30.8 Å². The lowest BCUT2D eigenvalue weighted by Crippen LogP contribution is -2.27. The number of aromatic hydroxyl groups is 1. The number of methoxy groups -OCH3 is 1. The molecule has 1 aromatic carbocycles. The van der Waals surface area contributed by atoms with Crippen LogP contribution in [0.3, 0.4) is 0 Å². The Hall–Kier alpha value is -1.66. The molecule has 1 heterocycles. The summed E-state index contributed by atoms with van der Waals surface area (Å²) in [5.74, 6) is -0.292. The summed E-state index contributed by atoms with van der Waals surface area (Å²) in [5, 5.41) is 10.0. The summed E-state index contributed by atoms with van der Waals surface area (Å²) >= 11 is 6.75. The molecule has 106 valence electrons. The predicted molar refractivity (Wildman–Crippen MR) is 78.0 cm³/mol. The van der Waals surface area contributed by atoms with Gasteiger partial charge in [0.05, 0.1) is 12.0 Å². The number of thioether (sulfide) groups is 1. The Morgan fingerprint density at radius 2 is 2.15 bits per heavy atom. The van der Waals surface area contributed by atoms with Crippen molar-refractivity contribution in [1.82, 2.24) is 4.90 Å². The molecule has 0 atom stereocenters. The van der Waals surface area contributed by atoms with E-state index in [2.05, 4.69) is 0 Å². The fraction of sp³-hybridized carbons (Fsp3) is 0.231. The normalized spacial score (nSPS) is 17.1. The molecule has 0 aliphatic carbocycles. The molecule has 1 fully saturated rings. The molecule has 2 amide bonds. The van der Waals surface area contributed by atoms with Crippen LogP contribution in [0.5, 0.6) is 11.5 Å². The first-order valence-electron chi connectivity index (χ1n) is 5.79. The first-order chi connectivity index (χ1) is 9.47. The van der Waals surface area contributed by atoms with Crippen molar-refractivity contribution in [3.63, 3.8) is 0 Å². The Balaban J connectivity index is 2.44. The number of benzene rings is 1. The zero-order chi connectivity index (χ0) is 14.9. The molecular weight excluding hydrogens is 302 g/mol. The van der Waals surface area contributed by atoms with Crippen LogP contribution >= 0.6 is 23.4 Å². The van der Waals surface area contributed by atoms with Crippen LogP contribution in [0.15, 0.2) is 17.0 Å². The second-order valence-electron chi connectivity index (χ2n) is 3.97. The lowest BCUT2D eigenvalue weighted by atomic mass is 10.1. The standard InChI is InChI=1S/C13H12ClNO4S/c1-3-15-12(17)10(20-13(15)18)5-7-4-8(14)6-9(19-2)11(7)16/h4-6,16H,3H2,1-2H3. The highest BCUT2D eigenvalue weighted by atomic mass is 35.5. The maximum atomic E-state index is 12.0. The summed E-state index contributed by atoms with van der Waals surface area (Å²) in [5.41, 5.74) is 0.330. The fourth-order valence-electron chi connectivity index (χ4n) is 1.77. The monoisotopic (exact) mass is 313 g/mol. The smallest absolute Gasteiger partial charge is 0.293 e. The number of halogens is 1. The van der Waals surface area contributed by atoms with Crippen molar-refractivity contribution < 1.29 is 19.4 Å². The van der Waals surface area contributed by atoms with E-state index in [4.69, 9.17) is 16.3 Å². The molecule has 0 unspecified atom stereocenters. The van der Waals surface area contributed by atoms with E-state index in [1.54, 1.807) is 6.92 Å². The summed E-state index contributed by atoms with van der Waals surface area (Å²) in [4.78, 5) is 25.0. The summed E-state index contributed by atoms with van der Waals surface area (Å²) in [6, 6.07) is 2.96. The van der Waals surface area contributed by atoms with Gasteiger partial charge in [-0.25, -0.2) is 0 Å². The first-order valence-corrected chi connectivity index (χ1v) is 6.99. The van der Waals surface area contributed by atoms with Gasteiger partial charge in [0.15, 0.2) is 11.5 Å². The minimum Gasteiger partial charge on any atom is -0.504 e. The number of nitrogens with zero attached hydrogens (tertiary/aromatic N) is 1. The Labute approximate surface area is 125 Å². The number of likely N-dealkylation sites (N-methyl/N-ethyl adjacent to an activating group) is 1. The molecule has 1 aliphatic heterocycles. The van der Waals surface area contributed by atoms with E-state index in [9.17, 15) is 14.7 Å². The molecule has 1 aliphatic rings. The van der Waals surface area contributed by atoms with E-state index in [-0.39, 0.29) is 27.6 Å². The van der Waals surface area contributed by atoms with Crippen LogP contribution in [0, 0.1) is 0 Å². The van der Waals surface area contributed by atoms with E-state index < -0.39 is 0 Å². The van der Waals surface area contributed by atoms with Gasteiger partial charge in [0.1, 0.15) is 0 Å². The topological polar surface area (TPSA) is 66.8 Å². The second-order valence-corrected chi connectivity index (χ2v) is 5.40. The molecule has 1 N–H and O–H groups in total. The molecule has 7 heteroatoms. The predicted octanol–water partition coefficient (Wildman–Crippen LogP) is 3.11. The average Bonchev–Trinajstić information content (AvgIpc) is 2.67. The molecular formula is C13H12ClNO4S. The van der Waals surface area contributed by atoms with Gasteiger partial charge in [-0.1, -0.05) is 11.6 Å². The number of hydrogen-bond acceptors (Lipinski definition) is 5. The highest BCUT2D eigenvalue weighted by Crippen LogP contribution is 2.38. The van der Waals surface area contributed by atoms with Crippen molar-refractivity contribution in [2.45, 2.75) is 6.92 Å². The fourth-order valence-corrected chi connectivity index (χ4v) is 2.88. The summed E-state index contributed by atoms with van der Waals surface area (Å²) in [6.45, 7) is 2.03. The van der Waals surface area contributed by atoms with Gasteiger partial charge in [-0.15, -0.1) is 0 Å². The second kappa shape index (κ2) is 5.76. The highest BCUT2D eigenvalue weighted by Gasteiger charge is 2.33. The van der Waals surface area contributed by atoms with Crippen LogP contribution in [0.25, 0.3) is 6.08 Å². The summed E-state index contributed by atoms with van der Waals surface area (Å²) < 4.78 is 4.99. The summed E-state index contributed by atoms with van der Waals surface area (Å²) in [7, 11) is 1.40. The van der Waals surface area contributed by atoms with Gasteiger partial charge < -0.3 is 9.84 Å². The SMILES string of the molecule is CCN1C(=O)SC(=Cc2cc(Cl)cc(OC)c2O)C1=O. The Kier molecular flexibility index (Phi) is 4.25. The van der Waals surface area contributed by atoms with Crippen LogP contribution in [0.4, 0.5) is 4.79 Å². The number of amides is 2. The maximum Gasteiger partial charge on any atom is 0.293 e. The summed E-state index contributed by atoms with van der Waals surface area (Å²) in [6.07, 6.45) is 1.43. The number of phenolic OH excluding ortho intramolecular Hbond substituents is 1. The molecule has 1 aromatic rings. The Morgan fingerprint density at radius 3 is 2.70 bits per heavy atom. The van der Waals surface area contributed by atoms with Crippen molar-refractivity contribution in [3.05, 3.63) is 27.6 Å². The zero-order valence-corrected chi connectivity index (χ0v) is 12.4. The van der Waals surface area contributed by atoms with Crippen molar-refractivity contribution in [3.8, 4) is 11.5 Å². The molecule has 0 bridgehead atoms. The van der Waals surface area contributed by atoms with Crippen LogP contribution in [-0.4, -0.2) is 34.8 Å². The van der Waals surface area contributed by atoms with E-state index in [1.165, 1.54) is 25.3 Å². The van der Waals surface area contributed by atoms with Gasteiger partial charge in [0.25, 0.3) is 11.1 Å². The third kappa shape index (κ3) is 2.62. The lowest BCUT2D eigenvalue weighted by molar-refractivity contribution is -0.122. The van der Waals surface area contributed by atoms with Crippen molar-refractivity contribution in [1.29, 1.82) is 0 Å². The Bertz CT molecular complexity index is 615. The van der Waals surface area contributed by atoms with Crippen LogP contribution in [0.2, 0.25) is 5.02 Å². The van der Waals surface area contributed by atoms with Gasteiger partial charge in [-0.3, -0.25) is 14.5 Å². The maximum absolute atomic E-state index is 12.0. The van der Waals surface area contributed by atoms with Crippen molar-refractivity contribution in [2.75, 3.05) is 13.7 Å². The van der Waals surface area contributed by atoms with E-state index >= 15 is 0 Å². The zero-order valence-electron chi connectivity index (χ0n) is 10.8. The van der Waals surface area contributed by atoms with Gasteiger partial charge in [-0.2, -0.15) is 0 Å². The molecule has 0 radical (unpaired) electrons. The molecule has 0 saturated carbocycles. The average molecular weight is 314 g/mol. The van der Waals surface area contributed by atoms with Gasteiger partial charge in [0.2, 0.25) is 0 Å². The molecule has 20 heavy (non-hydrogen) atoms. The number of carbonyl (C=O) groups is 2. The van der Waals surface area contributed by atoms with Crippen molar-refractivity contribution in [2.24, 2.45) is 0 Å². The molecule has 0 aromatic heterocycles. The van der Waals surface area contributed by atoms with Gasteiger partial charge >= 0.3 is 0 Å². The number of rotatable bonds is 3. The van der Waals surface area contributed by atoms with E-state index in [0.29, 0.717) is 17.1 Å². The first kappa shape index (κ1) is 14.7. The van der Waals surface area contributed by atoms with Crippen LogP contribution in [0.1, 0.15) is 12.5 Å². The minimum atomic E-state index is -0.374. The molecule has 1 saturated heterocycles. The molecule has 5 nitrogen and oxygen atoms in total. The highest BCUT2D eigenvalue weighted by molar-refractivity contribution is 8.18. The molecule has 2 rings (SSSR count). The van der Waals surface area contributed by atoms with Crippen LogP contribution < -0.4 is 4.74 Å². The van der Waals surface area contributed by atoms with Crippen molar-refractivity contribution >= 4 is 40.6 Å². The number of ether oxygens (including phenoxy) is 1. The Morgan fingerprint density at radius 1 is 1.45 bits per heavy atom. The lowest BCUT2D eigenvalue weighted by Gasteiger charge is -2.08. The number of carbonyl (C=O) groups excluding carboxylic acids is 2. The van der Waals surface area contributed by atoms with Gasteiger partial charge in [0, 0.05) is 23.2 Å². The number of imide groups is 1. The van der Waals surface area contributed by atoms with E-state index in [0.717, 1.165) is 16.7 Å². The minimum absolute atomic E-state index is 0.125. The quantitative estimate of drug-likeness (QED) is 0.868. The van der Waals surface area contributed by atoms with E-state index in [1.807, 2.05) is 0 Å². The number of phenols is 1. The third-order valence-electron chi connectivity index (χ3n) is 2.77. The largest absolute Gasteiger partial charge is 0.504 e. The molecule has 0 spiro atoms. The van der Waals surface area contributed by atoms with Crippen LogP contribution in [-0.2, 0) is 4.79 Å². The third-order valence-corrected chi connectivity index (χ3v) is 3.89.